The fourth-order valence-corrected chi connectivity index (χ4v) is 6.64. The number of imidazole rings is 1. The van der Waals surface area contributed by atoms with Crippen LogP contribution in [0.25, 0.3) is 11.2 Å². The van der Waals surface area contributed by atoms with Gasteiger partial charge in [-0.3, -0.25) is 9.59 Å². The van der Waals surface area contributed by atoms with Crippen LogP contribution in [0, 0.1) is 0 Å². The number of pyridine rings is 1. The number of rotatable bonds is 5. The lowest BCUT2D eigenvalue weighted by molar-refractivity contribution is -0.135. The molecule has 0 spiro atoms. The minimum Gasteiger partial charge on any atom is -0.367 e. The largest absolute Gasteiger partial charge is 0.367 e. The van der Waals surface area contributed by atoms with Crippen molar-refractivity contribution in [1.82, 2.24) is 24.3 Å². The van der Waals surface area contributed by atoms with Crippen LogP contribution in [0.2, 0.25) is 0 Å². The van der Waals surface area contributed by atoms with E-state index in [4.69, 9.17) is 0 Å². The van der Waals surface area contributed by atoms with Crippen molar-refractivity contribution in [2.24, 2.45) is 0 Å². The fraction of sp³-hybridized carbons (Fsp3) is 0.375. The summed E-state index contributed by atoms with van der Waals surface area (Å²) in [6.45, 7) is 5.94. The highest BCUT2D eigenvalue weighted by atomic mass is 16.2. The normalized spacial score (nSPS) is 19.9. The summed E-state index contributed by atoms with van der Waals surface area (Å²) in [5.41, 5.74) is 6.12. The average Bonchev–Trinajstić information content (AvgIpc) is 3.72. The highest BCUT2D eigenvalue weighted by Gasteiger charge is 2.53. The van der Waals surface area contributed by atoms with Crippen LogP contribution in [-0.4, -0.2) is 68.4 Å². The number of carbonyl (C=O) groups excluding carboxylic acids is 2. The molecule has 2 aromatic carbocycles. The fourth-order valence-electron chi connectivity index (χ4n) is 6.64. The molecule has 0 unspecified atom stereocenters. The number of amides is 2. The zero-order chi connectivity index (χ0) is 27.3. The van der Waals surface area contributed by atoms with Crippen molar-refractivity contribution >= 4 is 28.7 Å². The van der Waals surface area contributed by atoms with Gasteiger partial charge in [0.25, 0.3) is 0 Å². The standard InChI is InChI=1S/C32H34N6O2/c1-23-19-35(17-18-38(23)29(39)21-37-22-34-27-10-6-15-33-30(27)37)28-11-5-7-24-12-16-36(20-26(24)28)31(40)32(13-14-32)25-8-3-2-4-9-25/h2-11,15,22-23H,12-14,16-21H2,1H3/t23-/m1/s1. The Hall–Kier alpha value is -4.20. The number of aromatic nitrogens is 3. The molecular formula is C32H34N6O2. The molecule has 2 amide bonds. The van der Waals surface area contributed by atoms with Crippen LogP contribution >= 0.6 is 0 Å². The first-order chi connectivity index (χ1) is 19.5. The minimum absolute atomic E-state index is 0.0639. The molecule has 2 aliphatic heterocycles. The van der Waals surface area contributed by atoms with E-state index in [9.17, 15) is 9.59 Å². The van der Waals surface area contributed by atoms with Crippen molar-refractivity contribution in [3.63, 3.8) is 0 Å². The highest BCUT2D eigenvalue weighted by molar-refractivity contribution is 5.91. The molecule has 1 saturated carbocycles. The SMILES string of the molecule is C[C@@H]1CN(c2cccc3c2CN(C(=O)C2(c4ccccc4)CC2)CC3)CCN1C(=O)Cn1cnc2cccnc21. The molecule has 2 fully saturated rings. The number of carbonyl (C=O) groups is 2. The predicted molar refractivity (Wildman–Crippen MR) is 154 cm³/mol. The summed E-state index contributed by atoms with van der Waals surface area (Å²) < 4.78 is 1.83. The van der Waals surface area contributed by atoms with Crippen molar-refractivity contribution in [1.29, 1.82) is 0 Å². The summed E-state index contributed by atoms with van der Waals surface area (Å²) in [6, 6.07) is 20.6. The molecule has 8 nitrogen and oxygen atoms in total. The number of nitrogens with zero attached hydrogens (tertiary/aromatic N) is 6. The molecule has 1 saturated heterocycles. The van der Waals surface area contributed by atoms with Gasteiger partial charge in [-0.2, -0.15) is 0 Å². The van der Waals surface area contributed by atoms with Gasteiger partial charge in [0.2, 0.25) is 11.8 Å². The maximum absolute atomic E-state index is 13.8. The molecule has 4 heterocycles. The van der Waals surface area contributed by atoms with Crippen LogP contribution in [-0.2, 0) is 34.5 Å². The molecule has 4 aromatic rings. The third-order valence-corrected chi connectivity index (χ3v) is 8.99. The first-order valence-electron chi connectivity index (χ1n) is 14.3. The van der Waals surface area contributed by atoms with Crippen LogP contribution in [0.3, 0.4) is 0 Å². The van der Waals surface area contributed by atoms with Gasteiger partial charge in [0.1, 0.15) is 12.1 Å². The summed E-state index contributed by atoms with van der Waals surface area (Å²) in [7, 11) is 0. The first-order valence-corrected chi connectivity index (χ1v) is 14.3. The van der Waals surface area contributed by atoms with Crippen molar-refractivity contribution < 1.29 is 9.59 Å². The summed E-state index contributed by atoms with van der Waals surface area (Å²) in [5.74, 6) is 0.351. The van der Waals surface area contributed by atoms with E-state index in [0.717, 1.165) is 55.6 Å². The van der Waals surface area contributed by atoms with Gasteiger partial charge in [0, 0.05) is 50.6 Å². The number of fused-ring (bicyclic) bond motifs is 2. The lowest BCUT2D eigenvalue weighted by Gasteiger charge is -2.43. The first kappa shape index (κ1) is 24.8. The molecule has 2 aromatic heterocycles. The van der Waals surface area contributed by atoms with E-state index < -0.39 is 0 Å². The van der Waals surface area contributed by atoms with E-state index in [1.165, 1.54) is 16.8 Å². The zero-order valence-corrected chi connectivity index (χ0v) is 22.9. The second kappa shape index (κ2) is 9.77. The van der Waals surface area contributed by atoms with Gasteiger partial charge >= 0.3 is 0 Å². The monoisotopic (exact) mass is 534 g/mol. The molecule has 3 aliphatic rings. The Morgan fingerprint density at radius 1 is 0.950 bits per heavy atom. The van der Waals surface area contributed by atoms with Gasteiger partial charge < -0.3 is 19.3 Å². The van der Waals surface area contributed by atoms with E-state index in [0.29, 0.717) is 13.1 Å². The van der Waals surface area contributed by atoms with Gasteiger partial charge in [-0.1, -0.05) is 42.5 Å². The van der Waals surface area contributed by atoms with Crippen LogP contribution in [0.4, 0.5) is 5.69 Å². The number of piperazine rings is 1. The van der Waals surface area contributed by atoms with Crippen LogP contribution in [0.15, 0.2) is 73.2 Å². The zero-order valence-electron chi connectivity index (χ0n) is 22.9. The van der Waals surface area contributed by atoms with Crippen LogP contribution in [0.1, 0.15) is 36.5 Å². The second-order valence-corrected chi connectivity index (χ2v) is 11.4. The number of hydrogen-bond acceptors (Lipinski definition) is 5. The average molecular weight is 535 g/mol. The van der Waals surface area contributed by atoms with Crippen molar-refractivity contribution in [3.8, 4) is 0 Å². The van der Waals surface area contributed by atoms with Gasteiger partial charge in [-0.05, 0) is 61.1 Å². The maximum Gasteiger partial charge on any atom is 0.242 e. The summed E-state index contributed by atoms with van der Waals surface area (Å²) in [5, 5.41) is 0. The summed E-state index contributed by atoms with van der Waals surface area (Å²) >= 11 is 0. The predicted octanol–water partition coefficient (Wildman–Crippen LogP) is 3.79. The van der Waals surface area contributed by atoms with E-state index in [1.54, 1.807) is 12.5 Å². The molecule has 1 aliphatic carbocycles. The number of benzene rings is 2. The molecule has 8 heteroatoms. The van der Waals surface area contributed by atoms with Crippen LogP contribution < -0.4 is 4.90 Å². The van der Waals surface area contributed by atoms with Crippen LogP contribution in [0.5, 0.6) is 0 Å². The number of hydrogen-bond donors (Lipinski definition) is 0. The summed E-state index contributed by atoms with van der Waals surface area (Å²) in [6.07, 6.45) is 6.16. The molecule has 7 rings (SSSR count). The summed E-state index contributed by atoms with van der Waals surface area (Å²) in [4.78, 5) is 42.4. The van der Waals surface area contributed by atoms with E-state index in [-0.39, 0.29) is 29.8 Å². The quantitative estimate of drug-likeness (QED) is 0.390. The molecule has 204 valence electrons. The molecule has 1 atom stereocenters. The minimum atomic E-state index is -0.343. The topological polar surface area (TPSA) is 74.6 Å². The van der Waals surface area contributed by atoms with Gasteiger partial charge in [-0.15, -0.1) is 0 Å². The molecule has 40 heavy (non-hydrogen) atoms. The highest BCUT2D eigenvalue weighted by Crippen LogP contribution is 2.50. The Morgan fingerprint density at radius 2 is 1.80 bits per heavy atom. The molecule has 0 N–H and O–H groups in total. The second-order valence-electron chi connectivity index (χ2n) is 11.4. The molecular weight excluding hydrogens is 500 g/mol. The Balaban J connectivity index is 1.06. The lowest BCUT2D eigenvalue weighted by Crippen LogP contribution is -2.55. The van der Waals surface area contributed by atoms with Crippen molar-refractivity contribution in [2.75, 3.05) is 31.1 Å². The Kier molecular flexibility index (Phi) is 6.06. The van der Waals surface area contributed by atoms with Crippen molar-refractivity contribution in [3.05, 3.63) is 89.9 Å². The Labute approximate surface area is 234 Å². The van der Waals surface area contributed by atoms with Gasteiger partial charge in [0.15, 0.2) is 5.65 Å². The van der Waals surface area contributed by atoms with Gasteiger partial charge in [0.05, 0.1) is 11.7 Å². The lowest BCUT2D eigenvalue weighted by atomic mass is 9.91. The Morgan fingerprint density at radius 3 is 2.60 bits per heavy atom. The van der Waals surface area contributed by atoms with E-state index in [1.807, 2.05) is 39.8 Å². The van der Waals surface area contributed by atoms with E-state index >= 15 is 0 Å². The number of anilines is 1. The van der Waals surface area contributed by atoms with Gasteiger partial charge in [-0.25, -0.2) is 9.97 Å². The maximum atomic E-state index is 13.8. The molecule has 0 radical (unpaired) electrons. The van der Waals surface area contributed by atoms with Crippen molar-refractivity contribution in [2.45, 2.75) is 50.7 Å². The Bertz CT molecular complexity index is 1580. The smallest absolute Gasteiger partial charge is 0.242 e. The third-order valence-electron chi connectivity index (χ3n) is 8.99. The van der Waals surface area contributed by atoms with E-state index in [2.05, 4.69) is 57.0 Å². The molecule has 0 bridgehead atoms. The third kappa shape index (κ3) is 4.22.